The Morgan fingerprint density at radius 3 is 2.82 bits per heavy atom. The third-order valence-electron chi connectivity index (χ3n) is 4.11. The minimum absolute atomic E-state index is 0.0110. The van der Waals surface area contributed by atoms with Crippen LogP contribution in [0.25, 0.3) is 0 Å². The number of rotatable bonds is 6. The van der Waals surface area contributed by atoms with Crippen LogP contribution in [0, 0.1) is 11.8 Å². The number of carbonyl (C=O) groups excluding carboxylic acids is 1. The number of hydrogen-bond donors (Lipinski definition) is 2. The van der Waals surface area contributed by atoms with Crippen LogP contribution in [0.2, 0.25) is 0 Å². The number of benzene rings is 1. The van der Waals surface area contributed by atoms with E-state index in [-0.39, 0.29) is 23.8 Å². The van der Waals surface area contributed by atoms with Gasteiger partial charge in [0.05, 0.1) is 18.9 Å². The lowest BCUT2D eigenvalue weighted by Crippen LogP contribution is -2.30. The summed E-state index contributed by atoms with van der Waals surface area (Å²) in [6.07, 6.45) is 3.03. The Labute approximate surface area is 132 Å². The van der Waals surface area contributed by atoms with Gasteiger partial charge in [0, 0.05) is 12.0 Å². The molecule has 1 saturated carbocycles. The Hall–Kier alpha value is -1.75. The zero-order valence-electron chi connectivity index (χ0n) is 13.6. The van der Waals surface area contributed by atoms with Crippen LogP contribution in [0.5, 0.6) is 11.5 Å². The smallest absolute Gasteiger partial charge is 0.227 e. The fourth-order valence-corrected chi connectivity index (χ4v) is 2.98. The van der Waals surface area contributed by atoms with Gasteiger partial charge in [-0.3, -0.25) is 4.79 Å². The molecule has 0 radical (unpaired) electrons. The third-order valence-corrected chi connectivity index (χ3v) is 4.11. The van der Waals surface area contributed by atoms with Crippen molar-refractivity contribution in [1.29, 1.82) is 0 Å². The SMILES string of the molecule is COc1ccc(OC(C)C)c(NC(=O)[C@@H]2CCC[C@@H]2CN)c1. The normalized spacial score (nSPS) is 21.0. The summed E-state index contributed by atoms with van der Waals surface area (Å²) in [6.45, 7) is 4.47. The number of hydrogen-bond acceptors (Lipinski definition) is 4. The van der Waals surface area contributed by atoms with Crippen LogP contribution in [0.15, 0.2) is 18.2 Å². The van der Waals surface area contributed by atoms with E-state index in [0.717, 1.165) is 19.3 Å². The van der Waals surface area contributed by atoms with Crippen LogP contribution in [0.1, 0.15) is 33.1 Å². The average Bonchev–Trinajstić information content (AvgIpc) is 2.97. The topological polar surface area (TPSA) is 73.6 Å². The van der Waals surface area contributed by atoms with Crippen molar-refractivity contribution in [1.82, 2.24) is 0 Å². The molecule has 3 N–H and O–H groups in total. The fraction of sp³-hybridized carbons (Fsp3) is 0.588. The van der Waals surface area contributed by atoms with Gasteiger partial charge in [-0.25, -0.2) is 0 Å². The summed E-state index contributed by atoms with van der Waals surface area (Å²) in [5.41, 5.74) is 6.43. The second kappa shape index (κ2) is 7.49. The van der Waals surface area contributed by atoms with Gasteiger partial charge in [0.2, 0.25) is 5.91 Å². The van der Waals surface area contributed by atoms with Crippen LogP contribution in [-0.2, 0) is 4.79 Å². The van der Waals surface area contributed by atoms with Gasteiger partial charge in [-0.05, 0) is 51.3 Å². The first kappa shape index (κ1) is 16.6. The Balaban J connectivity index is 2.17. The fourth-order valence-electron chi connectivity index (χ4n) is 2.98. The minimum atomic E-state index is -0.0110. The first-order valence-corrected chi connectivity index (χ1v) is 7.90. The van der Waals surface area contributed by atoms with E-state index in [1.807, 2.05) is 26.0 Å². The molecular formula is C17H26N2O3. The highest BCUT2D eigenvalue weighted by atomic mass is 16.5. The summed E-state index contributed by atoms with van der Waals surface area (Å²) >= 11 is 0. The first-order valence-electron chi connectivity index (χ1n) is 7.90. The van der Waals surface area contributed by atoms with Crippen molar-refractivity contribution in [3.63, 3.8) is 0 Å². The van der Waals surface area contributed by atoms with Gasteiger partial charge in [0.1, 0.15) is 11.5 Å². The summed E-state index contributed by atoms with van der Waals surface area (Å²) in [5.74, 6) is 1.64. The lowest BCUT2D eigenvalue weighted by molar-refractivity contribution is -0.120. The molecule has 22 heavy (non-hydrogen) atoms. The Bertz CT molecular complexity index is 517. The van der Waals surface area contributed by atoms with E-state index in [4.69, 9.17) is 15.2 Å². The second-order valence-corrected chi connectivity index (χ2v) is 6.05. The van der Waals surface area contributed by atoms with E-state index >= 15 is 0 Å². The monoisotopic (exact) mass is 306 g/mol. The molecule has 1 amide bonds. The Kier molecular flexibility index (Phi) is 5.66. The molecule has 0 aromatic heterocycles. The van der Waals surface area contributed by atoms with Crippen LogP contribution in [0.4, 0.5) is 5.69 Å². The standard InChI is InChI=1S/C17H26N2O3/c1-11(2)22-16-8-7-13(21-3)9-15(16)19-17(20)14-6-4-5-12(14)10-18/h7-9,11-12,14H,4-6,10,18H2,1-3H3,(H,19,20)/t12-,14-/m1/s1. The molecule has 0 spiro atoms. The molecule has 0 aliphatic heterocycles. The van der Waals surface area contributed by atoms with E-state index in [9.17, 15) is 4.79 Å². The summed E-state index contributed by atoms with van der Waals surface area (Å²) in [7, 11) is 1.60. The molecule has 0 unspecified atom stereocenters. The summed E-state index contributed by atoms with van der Waals surface area (Å²) < 4.78 is 11.0. The summed E-state index contributed by atoms with van der Waals surface area (Å²) in [4.78, 5) is 12.6. The number of methoxy groups -OCH3 is 1. The van der Waals surface area contributed by atoms with Gasteiger partial charge < -0.3 is 20.5 Å². The van der Waals surface area contributed by atoms with Gasteiger partial charge in [-0.2, -0.15) is 0 Å². The van der Waals surface area contributed by atoms with E-state index in [0.29, 0.717) is 23.7 Å². The van der Waals surface area contributed by atoms with Crippen LogP contribution >= 0.6 is 0 Å². The van der Waals surface area contributed by atoms with Crippen LogP contribution in [-0.4, -0.2) is 25.7 Å². The largest absolute Gasteiger partial charge is 0.497 e. The number of carbonyl (C=O) groups is 1. The van der Waals surface area contributed by atoms with Crippen molar-refractivity contribution in [3.8, 4) is 11.5 Å². The maximum absolute atomic E-state index is 12.6. The first-order chi connectivity index (χ1) is 10.5. The van der Waals surface area contributed by atoms with Crippen molar-refractivity contribution in [2.24, 2.45) is 17.6 Å². The minimum Gasteiger partial charge on any atom is -0.497 e. The molecule has 5 heteroatoms. The third kappa shape index (κ3) is 3.91. The molecule has 1 aliphatic carbocycles. The molecule has 0 bridgehead atoms. The molecule has 5 nitrogen and oxygen atoms in total. The molecule has 0 heterocycles. The van der Waals surface area contributed by atoms with Gasteiger partial charge in [-0.15, -0.1) is 0 Å². The predicted molar refractivity (Wildman–Crippen MR) is 87.3 cm³/mol. The zero-order chi connectivity index (χ0) is 16.1. The number of nitrogens with two attached hydrogens (primary N) is 1. The van der Waals surface area contributed by atoms with Crippen LogP contribution < -0.4 is 20.5 Å². The Morgan fingerprint density at radius 2 is 2.18 bits per heavy atom. The maximum Gasteiger partial charge on any atom is 0.227 e. The number of nitrogens with one attached hydrogen (secondary N) is 1. The molecule has 0 saturated heterocycles. The zero-order valence-corrected chi connectivity index (χ0v) is 13.6. The average molecular weight is 306 g/mol. The molecule has 122 valence electrons. The van der Waals surface area contributed by atoms with Gasteiger partial charge in [0.25, 0.3) is 0 Å². The number of ether oxygens (including phenoxy) is 2. The van der Waals surface area contributed by atoms with Crippen molar-refractivity contribution < 1.29 is 14.3 Å². The molecule has 1 fully saturated rings. The number of anilines is 1. The number of amides is 1. The molecule has 2 atom stereocenters. The lowest BCUT2D eigenvalue weighted by atomic mass is 9.95. The van der Waals surface area contributed by atoms with Crippen molar-refractivity contribution in [2.75, 3.05) is 19.0 Å². The molecule has 1 aromatic carbocycles. The quantitative estimate of drug-likeness (QED) is 0.847. The molecule has 1 aliphatic rings. The highest BCUT2D eigenvalue weighted by Crippen LogP contribution is 2.34. The molecule has 1 aromatic rings. The van der Waals surface area contributed by atoms with Crippen LogP contribution in [0.3, 0.4) is 0 Å². The Morgan fingerprint density at radius 1 is 1.41 bits per heavy atom. The molecular weight excluding hydrogens is 280 g/mol. The van der Waals surface area contributed by atoms with E-state index in [2.05, 4.69) is 5.32 Å². The highest BCUT2D eigenvalue weighted by molar-refractivity contribution is 5.94. The molecule has 2 rings (SSSR count). The second-order valence-electron chi connectivity index (χ2n) is 6.05. The van der Waals surface area contributed by atoms with Gasteiger partial charge in [0.15, 0.2) is 0 Å². The van der Waals surface area contributed by atoms with E-state index in [1.165, 1.54) is 0 Å². The van der Waals surface area contributed by atoms with Crippen molar-refractivity contribution in [3.05, 3.63) is 18.2 Å². The summed E-state index contributed by atoms with van der Waals surface area (Å²) in [6, 6.07) is 5.44. The van der Waals surface area contributed by atoms with E-state index < -0.39 is 0 Å². The van der Waals surface area contributed by atoms with Crippen molar-refractivity contribution in [2.45, 2.75) is 39.2 Å². The maximum atomic E-state index is 12.6. The van der Waals surface area contributed by atoms with E-state index in [1.54, 1.807) is 13.2 Å². The summed E-state index contributed by atoms with van der Waals surface area (Å²) in [5, 5.41) is 3.00. The van der Waals surface area contributed by atoms with Gasteiger partial charge >= 0.3 is 0 Å². The predicted octanol–water partition coefficient (Wildman–Crippen LogP) is 2.80. The highest BCUT2D eigenvalue weighted by Gasteiger charge is 2.32. The van der Waals surface area contributed by atoms with Gasteiger partial charge in [-0.1, -0.05) is 6.42 Å². The van der Waals surface area contributed by atoms with Crippen molar-refractivity contribution >= 4 is 11.6 Å². The lowest BCUT2D eigenvalue weighted by Gasteiger charge is -2.20.